The third kappa shape index (κ3) is 5.31. The van der Waals surface area contributed by atoms with Gasteiger partial charge >= 0.3 is 0 Å². The highest BCUT2D eigenvalue weighted by Gasteiger charge is 2.20. The first kappa shape index (κ1) is 16.1. The van der Waals surface area contributed by atoms with Crippen LogP contribution in [-0.2, 0) is 6.54 Å². The zero-order valence-corrected chi connectivity index (χ0v) is 11.2. The summed E-state index contributed by atoms with van der Waals surface area (Å²) in [5.41, 5.74) is 2.50. The quantitative estimate of drug-likeness (QED) is 0.581. The summed E-state index contributed by atoms with van der Waals surface area (Å²) in [6, 6.07) is 8.38. The number of aliphatic hydroxyl groups is 2. The average Bonchev–Trinajstić information content (AvgIpc) is 2.17. The Hall–Kier alpha value is -0.900. The Morgan fingerprint density at radius 1 is 1.12 bits per heavy atom. The molecule has 3 nitrogen and oxygen atoms in total. The van der Waals surface area contributed by atoms with Crippen LogP contribution in [0, 0.1) is 14.4 Å². The monoisotopic (exact) mass is 239 g/mol. The molecule has 17 heavy (non-hydrogen) atoms. The topological polar surface area (TPSA) is 40.5 Å². The molecule has 0 heterocycles. The van der Waals surface area contributed by atoms with E-state index in [1.54, 1.807) is 0 Å². The lowest BCUT2D eigenvalue weighted by molar-refractivity contribution is -0.923. The van der Waals surface area contributed by atoms with Crippen molar-refractivity contribution in [2.24, 2.45) is 0 Å². The molecule has 0 aliphatic carbocycles. The molecule has 0 aliphatic rings. The summed E-state index contributed by atoms with van der Waals surface area (Å²) in [6.07, 6.45) is 0. The number of rotatable bonds is 6. The highest BCUT2D eigenvalue weighted by atomic mass is 16.3. The van der Waals surface area contributed by atoms with Crippen LogP contribution >= 0.6 is 0 Å². The number of aryl methyl sites for hydroxylation is 1. The molecule has 2 N–H and O–H groups in total. The molecule has 3 heteroatoms. The van der Waals surface area contributed by atoms with E-state index in [1.807, 2.05) is 6.07 Å². The summed E-state index contributed by atoms with van der Waals surface area (Å²) in [5.74, 6) is 0. The van der Waals surface area contributed by atoms with Gasteiger partial charge in [0.2, 0.25) is 0 Å². The van der Waals surface area contributed by atoms with Gasteiger partial charge in [0, 0.05) is 5.56 Å². The van der Waals surface area contributed by atoms with Crippen molar-refractivity contribution in [3.8, 4) is 0 Å². The van der Waals surface area contributed by atoms with Crippen LogP contribution < -0.4 is 0 Å². The van der Waals surface area contributed by atoms with Crippen LogP contribution in [0.1, 0.15) is 11.1 Å². The SMILES string of the molecule is Cc1cccc(C[N+](C)(CCO)CCO)c1.[CH3-]. The van der Waals surface area contributed by atoms with Gasteiger partial charge < -0.3 is 22.1 Å². The Morgan fingerprint density at radius 3 is 2.18 bits per heavy atom. The van der Waals surface area contributed by atoms with Crippen molar-refractivity contribution >= 4 is 0 Å². The molecule has 0 saturated carbocycles. The zero-order chi connectivity index (χ0) is 12.0. The van der Waals surface area contributed by atoms with E-state index in [0.717, 1.165) is 6.54 Å². The van der Waals surface area contributed by atoms with Crippen molar-refractivity contribution < 1.29 is 14.7 Å². The van der Waals surface area contributed by atoms with Crippen molar-refractivity contribution in [1.82, 2.24) is 0 Å². The third-order valence-electron chi connectivity index (χ3n) is 2.93. The van der Waals surface area contributed by atoms with E-state index < -0.39 is 0 Å². The summed E-state index contributed by atoms with van der Waals surface area (Å²) in [6.45, 7) is 4.59. The maximum atomic E-state index is 9.06. The van der Waals surface area contributed by atoms with E-state index in [4.69, 9.17) is 10.2 Å². The maximum Gasteiger partial charge on any atom is 0.104 e. The van der Waals surface area contributed by atoms with Crippen LogP contribution in [-0.4, -0.2) is 48.0 Å². The van der Waals surface area contributed by atoms with Crippen LogP contribution in [0.4, 0.5) is 0 Å². The van der Waals surface area contributed by atoms with Crippen LogP contribution in [0.5, 0.6) is 0 Å². The van der Waals surface area contributed by atoms with Crippen LogP contribution in [0.2, 0.25) is 0 Å². The predicted octanol–water partition coefficient (Wildman–Crippen LogP) is 1.38. The molecule has 0 unspecified atom stereocenters. The minimum atomic E-state index is 0. The smallest absolute Gasteiger partial charge is 0.104 e. The molecule has 0 fully saturated rings. The minimum Gasteiger partial charge on any atom is -0.391 e. The second-order valence-corrected chi connectivity index (χ2v) is 4.66. The zero-order valence-electron chi connectivity index (χ0n) is 11.2. The van der Waals surface area contributed by atoms with Crippen molar-refractivity contribution in [2.75, 3.05) is 33.4 Å². The average molecular weight is 239 g/mol. The molecule has 0 radical (unpaired) electrons. The number of aliphatic hydroxyl groups excluding tert-OH is 2. The molecule has 0 amide bonds. The highest BCUT2D eigenvalue weighted by Crippen LogP contribution is 2.12. The van der Waals surface area contributed by atoms with Gasteiger partial charge in [0.05, 0.1) is 20.3 Å². The molecular formula is C14H25NO2. The van der Waals surface area contributed by atoms with Gasteiger partial charge in [0.25, 0.3) is 0 Å². The Morgan fingerprint density at radius 2 is 1.71 bits per heavy atom. The largest absolute Gasteiger partial charge is 0.391 e. The Labute approximate surface area is 105 Å². The Kier molecular flexibility index (Phi) is 7.04. The summed E-state index contributed by atoms with van der Waals surface area (Å²) in [7, 11) is 2.06. The predicted molar refractivity (Wildman–Crippen MR) is 71.4 cm³/mol. The van der Waals surface area contributed by atoms with E-state index in [9.17, 15) is 0 Å². The van der Waals surface area contributed by atoms with Gasteiger partial charge in [-0.15, -0.1) is 0 Å². The van der Waals surface area contributed by atoms with Gasteiger partial charge in [-0.3, -0.25) is 0 Å². The summed E-state index contributed by atoms with van der Waals surface area (Å²) >= 11 is 0. The van der Waals surface area contributed by atoms with E-state index in [-0.39, 0.29) is 20.6 Å². The molecule has 0 bridgehead atoms. The first-order valence-corrected chi connectivity index (χ1v) is 5.70. The van der Waals surface area contributed by atoms with Crippen molar-refractivity contribution in [3.05, 3.63) is 42.8 Å². The fourth-order valence-electron chi connectivity index (χ4n) is 2.00. The lowest BCUT2D eigenvalue weighted by Crippen LogP contribution is -2.47. The van der Waals surface area contributed by atoms with Gasteiger partial charge in [-0.25, -0.2) is 0 Å². The van der Waals surface area contributed by atoms with Gasteiger partial charge in [0.1, 0.15) is 19.6 Å². The molecular weight excluding hydrogens is 214 g/mol. The van der Waals surface area contributed by atoms with Gasteiger partial charge in [0.15, 0.2) is 0 Å². The Balaban J connectivity index is 0.00000256. The number of likely N-dealkylation sites (N-methyl/N-ethyl adjacent to an activating group) is 1. The Bertz CT molecular complexity index is 320. The summed E-state index contributed by atoms with van der Waals surface area (Å²) in [4.78, 5) is 0. The highest BCUT2D eigenvalue weighted by molar-refractivity contribution is 5.21. The van der Waals surface area contributed by atoms with Crippen molar-refractivity contribution in [1.29, 1.82) is 0 Å². The maximum absolute atomic E-state index is 9.06. The summed E-state index contributed by atoms with van der Waals surface area (Å²) in [5, 5.41) is 18.1. The van der Waals surface area contributed by atoms with Crippen LogP contribution in [0.15, 0.2) is 24.3 Å². The number of quaternary nitrogens is 1. The first-order chi connectivity index (χ1) is 7.59. The van der Waals surface area contributed by atoms with E-state index in [2.05, 4.69) is 32.2 Å². The third-order valence-corrected chi connectivity index (χ3v) is 2.93. The van der Waals surface area contributed by atoms with E-state index in [0.29, 0.717) is 17.6 Å². The van der Waals surface area contributed by atoms with Gasteiger partial charge in [-0.05, 0) is 6.92 Å². The lowest BCUT2D eigenvalue weighted by Gasteiger charge is -2.33. The number of nitrogens with zero attached hydrogens (tertiary/aromatic N) is 1. The molecule has 0 aromatic heterocycles. The minimum absolute atomic E-state index is 0. The van der Waals surface area contributed by atoms with Gasteiger partial charge in [-0.1, -0.05) is 29.8 Å². The van der Waals surface area contributed by atoms with Crippen molar-refractivity contribution in [2.45, 2.75) is 13.5 Å². The lowest BCUT2D eigenvalue weighted by atomic mass is 10.1. The second-order valence-electron chi connectivity index (χ2n) is 4.66. The van der Waals surface area contributed by atoms with E-state index >= 15 is 0 Å². The molecule has 1 aromatic rings. The molecule has 0 saturated heterocycles. The van der Waals surface area contributed by atoms with Crippen LogP contribution in [0.3, 0.4) is 0 Å². The number of hydrogen-bond acceptors (Lipinski definition) is 2. The second kappa shape index (κ2) is 7.43. The molecule has 1 rings (SSSR count). The fourth-order valence-corrected chi connectivity index (χ4v) is 2.00. The molecule has 0 aliphatic heterocycles. The molecule has 1 aromatic carbocycles. The number of benzene rings is 1. The van der Waals surface area contributed by atoms with Crippen LogP contribution in [0.25, 0.3) is 0 Å². The molecule has 0 spiro atoms. The molecule has 98 valence electrons. The fraction of sp³-hybridized carbons (Fsp3) is 0.500. The number of hydrogen-bond donors (Lipinski definition) is 2. The standard InChI is InChI=1S/C13H22NO2.CH3/c1-12-4-3-5-13(10-12)11-14(2,6-8-15)7-9-16;/h3-5,10,15-16H,6-9,11H2,1-2H3;1H3/q+1;-1. The first-order valence-electron chi connectivity index (χ1n) is 5.70. The van der Waals surface area contributed by atoms with Gasteiger partial charge in [-0.2, -0.15) is 0 Å². The molecule has 0 atom stereocenters. The van der Waals surface area contributed by atoms with E-state index in [1.165, 1.54) is 11.1 Å². The normalized spacial score (nSPS) is 11.1. The summed E-state index contributed by atoms with van der Waals surface area (Å²) < 4.78 is 0.677. The van der Waals surface area contributed by atoms with Crippen molar-refractivity contribution in [3.63, 3.8) is 0 Å².